The minimum Gasteiger partial charge on any atom is -0.497 e. The molecular weight excluding hydrogens is 450 g/mol. The number of para-hydroxylation sites is 1. The molecule has 0 aliphatic rings. The Balaban J connectivity index is 1.67. The van der Waals surface area contributed by atoms with Gasteiger partial charge in [0.15, 0.2) is 5.65 Å². The van der Waals surface area contributed by atoms with E-state index in [9.17, 15) is 8.42 Å². The monoisotopic (exact) mass is 473 g/mol. The van der Waals surface area contributed by atoms with Crippen LogP contribution in [0.3, 0.4) is 0 Å². The van der Waals surface area contributed by atoms with Crippen molar-refractivity contribution in [2.45, 2.75) is 29.7 Å². The zero-order valence-corrected chi connectivity index (χ0v) is 19.7. The standard InChI is InChI=1S/C25H23N5O3S/c1-16(2)17-11-13-20(14-12-17)34(31,32)25-24-27-23(26-18-7-6-8-19(15-18)33-3)21-9-4-5-10-22(21)30(24)29-28-25/h4-16H,1-3H3,(H,26,27). The van der Waals surface area contributed by atoms with Crippen LogP contribution in [0.1, 0.15) is 25.3 Å². The number of ether oxygens (including phenoxy) is 1. The third kappa shape index (κ3) is 3.73. The lowest BCUT2D eigenvalue weighted by Crippen LogP contribution is -2.06. The van der Waals surface area contributed by atoms with Crippen LogP contribution in [0.25, 0.3) is 16.6 Å². The van der Waals surface area contributed by atoms with Crippen molar-refractivity contribution in [1.82, 2.24) is 19.8 Å². The average Bonchev–Trinajstić information content (AvgIpc) is 3.29. The highest BCUT2D eigenvalue weighted by Gasteiger charge is 2.27. The Kier molecular flexibility index (Phi) is 5.41. The molecule has 0 saturated carbocycles. The molecule has 1 N–H and O–H groups in total. The van der Waals surface area contributed by atoms with E-state index < -0.39 is 9.84 Å². The summed E-state index contributed by atoms with van der Waals surface area (Å²) in [4.78, 5) is 4.81. The molecule has 0 radical (unpaired) electrons. The highest BCUT2D eigenvalue weighted by atomic mass is 32.2. The molecule has 2 heterocycles. The van der Waals surface area contributed by atoms with Crippen molar-refractivity contribution in [3.8, 4) is 5.75 Å². The van der Waals surface area contributed by atoms with Gasteiger partial charge in [-0.3, -0.25) is 0 Å². The van der Waals surface area contributed by atoms with Crippen molar-refractivity contribution in [1.29, 1.82) is 0 Å². The maximum absolute atomic E-state index is 13.5. The number of benzene rings is 3. The van der Waals surface area contributed by atoms with E-state index in [1.54, 1.807) is 19.2 Å². The minimum atomic E-state index is -3.94. The fourth-order valence-electron chi connectivity index (χ4n) is 3.80. The molecule has 34 heavy (non-hydrogen) atoms. The molecule has 0 amide bonds. The lowest BCUT2D eigenvalue weighted by atomic mass is 10.0. The Hall–Kier alpha value is -3.98. The van der Waals surface area contributed by atoms with Crippen molar-refractivity contribution >= 4 is 37.9 Å². The second-order valence-electron chi connectivity index (χ2n) is 8.19. The first kappa shape index (κ1) is 21.8. The average molecular weight is 474 g/mol. The van der Waals surface area contributed by atoms with Gasteiger partial charge in [0, 0.05) is 17.1 Å². The highest BCUT2D eigenvalue weighted by Crippen LogP contribution is 2.30. The van der Waals surface area contributed by atoms with Gasteiger partial charge in [0.2, 0.25) is 14.9 Å². The van der Waals surface area contributed by atoms with Gasteiger partial charge < -0.3 is 10.1 Å². The topological polar surface area (TPSA) is 98.5 Å². The Morgan fingerprint density at radius 3 is 2.47 bits per heavy atom. The second kappa shape index (κ2) is 8.42. The Labute approximate surface area is 197 Å². The molecule has 8 nitrogen and oxygen atoms in total. The fraction of sp³-hybridized carbons (Fsp3) is 0.160. The van der Waals surface area contributed by atoms with E-state index in [0.29, 0.717) is 23.0 Å². The first-order valence-corrected chi connectivity index (χ1v) is 12.3. The Morgan fingerprint density at radius 2 is 1.74 bits per heavy atom. The van der Waals surface area contributed by atoms with Crippen LogP contribution in [0.5, 0.6) is 5.75 Å². The number of hydrogen-bond acceptors (Lipinski definition) is 7. The zero-order valence-electron chi connectivity index (χ0n) is 18.9. The van der Waals surface area contributed by atoms with Crippen molar-refractivity contribution in [3.05, 3.63) is 78.4 Å². The number of anilines is 2. The molecule has 0 saturated heterocycles. The summed E-state index contributed by atoms with van der Waals surface area (Å²) in [5, 5.41) is 12.0. The van der Waals surface area contributed by atoms with Gasteiger partial charge in [-0.25, -0.2) is 13.4 Å². The second-order valence-corrected chi connectivity index (χ2v) is 10.1. The van der Waals surface area contributed by atoms with E-state index in [0.717, 1.165) is 16.6 Å². The van der Waals surface area contributed by atoms with Crippen molar-refractivity contribution in [2.24, 2.45) is 0 Å². The number of fused-ring (bicyclic) bond motifs is 3. The summed E-state index contributed by atoms with van der Waals surface area (Å²) >= 11 is 0. The molecule has 5 aromatic rings. The number of sulfone groups is 1. The summed E-state index contributed by atoms with van der Waals surface area (Å²) in [6, 6.07) is 21.8. The number of hydrogen-bond donors (Lipinski definition) is 1. The number of methoxy groups -OCH3 is 1. The third-order valence-electron chi connectivity index (χ3n) is 5.67. The van der Waals surface area contributed by atoms with Crippen molar-refractivity contribution < 1.29 is 13.2 Å². The van der Waals surface area contributed by atoms with Crippen molar-refractivity contribution in [2.75, 3.05) is 12.4 Å². The first-order chi connectivity index (χ1) is 16.4. The van der Waals surface area contributed by atoms with Crippen LogP contribution < -0.4 is 10.1 Å². The van der Waals surface area contributed by atoms with Crippen LogP contribution in [0.2, 0.25) is 0 Å². The van der Waals surface area contributed by atoms with Crippen LogP contribution in [-0.2, 0) is 9.84 Å². The summed E-state index contributed by atoms with van der Waals surface area (Å²) in [5.74, 6) is 1.48. The van der Waals surface area contributed by atoms with Crippen LogP contribution in [0.4, 0.5) is 11.5 Å². The molecule has 5 rings (SSSR count). The van der Waals surface area contributed by atoms with E-state index in [1.165, 1.54) is 4.52 Å². The predicted molar refractivity (Wildman–Crippen MR) is 131 cm³/mol. The van der Waals surface area contributed by atoms with Gasteiger partial charge in [-0.2, -0.15) is 4.52 Å². The fourth-order valence-corrected chi connectivity index (χ4v) is 5.03. The molecular formula is C25H23N5O3S. The van der Waals surface area contributed by atoms with E-state index in [-0.39, 0.29) is 15.6 Å². The van der Waals surface area contributed by atoms with E-state index >= 15 is 0 Å². The quantitative estimate of drug-likeness (QED) is 0.371. The number of nitrogens with zero attached hydrogens (tertiary/aromatic N) is 4. The SMILES string of the molecule is COc1cccc(Nc2nc3c(S(=O)(=O)c4ccc(C(C)C)cc4)nnn3c3ccccc23)c1. The van der Waals surface area contributed by atoms with Crippen LogP contribution in [0.15, 0.2) is 82.7 Å². The molecule has 0 aliphatic carbocycles. The maximum Gasteiger partial charge on any atom is 0.229 e. The van der Waals surface area contributed by atoms with Gasteiger partial charge >= 0.3 is 0 Å². The largest absolute Gasteiger partial charge is 0.497 e. The molecule has 172 valence electrons. The van der Waals surface area contributed by atoms with Crippen LogP contribution >= 0.6 is 0 Å². The van der Waals surface area contributed by atoms with Gasteiger partial charge in [0.25, 0.3) is 0 Å². The normalized spacial score (nSPS) is 11.9. The van der Waals surface area contributed by atoms with Gasteiger partial charge in [0.05, 0.1) is 17.5 Å². The van der Waals surface area contributed by atoms with Gasteiger partial charge in [-0.15, -0.1) is 5.10 Å². The lowest BCUT2D eigenvalue weighted by molar-refractivity contribution is 0.415. The van der Waals surface area contributed by atoms with E-state index in [1.807, 2.05) is 60.7 Å². The maximum atomic E-state index is 13.5. The highest BCUT2D eigenvalue weighted by molar-refractivity contribution is 7.91. The smallest absolute Gasteiger partial charge is 0.229 e. The molecule has 0 bridgehead atoms. The summed E-state index contributed by atoms with van der Waals surface area (Å²) in [7, 11) is -2.34. The predicted octanol–water partition coefficient (Wildman–Crippen LogP) is 4.99. The molecule has 0 aliphatic heterocycles. The van der Waals surface area contributed by atoms with Gasteiger partial charge in [-0.1, -0.05) is 49.4 Å². The van der Waals surface area contributed by atoms with Crippen molar-refractivity contribution in [3.63, 3.8) is 0 Å². The molecule has 0 spiro atoms. The molecule has 2 aromatic heterocycles. The van der Waals surface area contributed by atoms with Crippen LogP contribution in [-0.4, -0.2) is 35.3 Å². The van der Waals surface area contributed by atoms with Gasteiger partial charge in [0.1, 0.15) is 11.6 Å². The molecule has 3 aromatic carbocycles. The summed E-state index contributed by atoms with van der Waals surface area (Å²) in [5.41, 5.74) is 2.64. The van der Waals surface area contributed by atoms with E-state index in [2.05, 4.69) is 34.5 Å². The van der Waals surface area contributed by atoms with E-state index in [4.69, 9.17) is 4.74 Å². The Bertz CT molecular complexity index is 1610. The lowest BCUT2D eigenvalue weighted by Gasteiger charge is -2.11. The summed E-state index contributed by atoms with van der Waals surface area (Å²) in [6.07, 6.45) is 0. The number of aromatic nitrogens is 4. The summed E-state index contributed by atoms with van der Waals surface area (Å²) < 4.78 is 33.7. The zero-order chi connectivity index (χ0) is 23.9. The molecule has 0 atom stereocenters. The molecule has 0 unspecified atom stereocenters. The minimum absolute atomic E-state index is 0.150. The first-order valence-electron chi connectivity index (χ1n) is 10.8. The van der Waals surface area contributed by atoms with Crippen LogP contribution in [0, 0.1) is 0 Å². The number of nitrogens with one attached hydrogen (secondary N) is 1. The van der Waals surface area contributed by atoms with Gasteiger partial charge in [-0.05, 0) is 47.9 Å². The Morgan fingerprint density at radius 1 is 0.971 bits per heavy atom. The summed E-state index contributed by atoms with van der Waals surface area (Å²) in [6.45, 7) is 4.12. The molecule has 9 heteroatoms. The molecule has 0 fully saturated rings. The number of rotatable bonds is 6. The third-order valence-corrected chi connectivity index (χ3v) is 7.33.